The number of fused-ring (bicyclic) bond motifs is 2. The predicted octanol–water partition coefficient (Wildman–Crippen LogP) is 5.01. The minimum atomic E-state index is -3.13. The van der Waals surface area contributed by atoms with E-state index >= 15 is 0 Å². The van der Waals surface area contributed by atoms with Crippen molar-refractivity contribution < 1.29 is 13.5 Å². The van der Waals surface area contributed by atoms with E-state index in [0.717, 1.165) is 6.92 Å². The molecule has 0 aliphatic heterocycles. The van der Waals surface area contributed by atoms with Gasteiger partial charge in [0.1, 0.15) is 27.9 Å². The number of imidazole rings is 1. The van der Waals surface area contributed by atoms with Crippen LogP contribution >= 0.6 is 11.6 Å². The number of pyridine rings is 4. The standard InChI is InChI=1S/C23H17ClF2N6O2/c1-10-19-15(7-18(24)29-10)30-21(32-19)12-6-11-14(31-22(12)33)4-5-27-20(11)13-9-28-17(23(2,25)26)8-16(13)34-3/h4-9H,1-3H3,(H,30,32)(H,31,33). The third kappa shape index (κ3) is 3.65. The lowest BCUT2D eigenvalue weighted by molar-refractivity contribution is 0.0125. The first-order valence-electron chi connectivity index (χ1n) is 10.1. The van der Waals surface area contributed by atoms with Gasteiger partial charge in [-0.25, -0.2) is 9.97 Å². The Labute approximate surface area is 196 Å². The van der Waals surface area contributed by atoms with E-state index in [0.29, 0.717) is 49.9 Å². The van der Waals surface area contributed by atoms with Crippen molar-refractivity contribution in [3.63, 3.8) is 0 Å². The Morgan fingerprint density at radius 2 is 1.85 bits per heavy atom. The van der Waals surface area contributed by atoms with Crippen LogP contribution in [0.1, 0.15) is 18.3 Å². The van der Waals surface area contributed by atoms with Gasteiger partial charge in [-0.2, -0.15) is 8.78 Å². The Balaban J connectivity index is 1.73. The Kier molecular flexibility index (Phi) is 5.05. The highest BCUT2D eigenvalue weighted by Crippen LogP contribution is 2.36. The zero-order valence-electron chi connectivity index (χ0n) is 18.2. The van der Waals surface area contributed by atoms with E-state index in [-0.39, 0.29) is 16.9 Å². The summed E-state index contributed by atoms with van der Waals surface area (Å²) in [6, 6.07) is 6.09. The number of nitrogens with zero attached hydrogens (tertiary/aromatic N) is 4. The number of hydrogen-bond donors (Lipinski definition) is 2. The van der Waals surface area contributed by atoms with E-state index in [4.69, 9.17) is 16.3 Å². The molecule has 0 spiro atoms. The second kappa shape index (κ2) is 7.84. The first kappa shape index (κ1) is 21.9. The SMILES string of the molecule is COc1cc(C(C)(F)F)ncc1-c1nccc2[nH]c(=O)c(-c3nc4c(C)nc(Cl)cc4[nH]3)cc12. The van der Waals surface area contributed by atoms with E-state index in [1.807, 2.05) is 0 Å². The summed E-state index contributed by atoms with van der Waals surface area (Å²) in [5.74, 6) is -2.63. The minimum Gasteiger partial charge on any atom is -0.496 e. The Morgan fingerprint density at radius 3 is 2.59 bits per heavy atom. The first-order chi connectivity index (χ1) is 16.2. The van der Waals surface area contributed by atoms with Crippen LogP contribution in [-0.4, -0.2) is 37.0 Å². The van der Waals surface area contributed by atoms with E-state index in [1.54, 1.807) is 25.1 Å². The van der Waals surface area contributed by atoms with Gasteiger partial charge in [0.15, 0.2) is 0 Å². The molecular formula is C23H17ClF2N6O2. The van der Waals surface area contributed by atoms with Gasteiger partial charge < -0.3 is 14.7 Å². The molecule has 2 N–H and O–H groups in total. The van der Waals surface area contributed by atoms with Crippen LogP contribution in [0.2, 0.25) is 5.15 Å². The van der Waals surface area contributed by atoms with Gasteiger partial charge in [0.05, 0.1) is 40.7 Å². The van der Waals surface area contributed by atoms with Crippen molar-refractivity contribution >= 4 is 33.5 Å². The zero-order valence-corrected chi connectivity index (χ0v) is 19.0. The van der Waals surface area contributed by atoms with Crippen molar-refractivity contribution in [2.24, 2.45) is 0 Å². The van der Waals surface area contributed by atoms with E-state index in [1.165, 1.54) is 25.6 Å². The number of aromatic nitrogens is 6. The normalized spacial score (nSPS) is 11.9. The lowest BCUT2D eigenvalue weighted by atomic mass is 10.0. The molecule has 0 aromatic carbocycles. The van der Waals surface area contributed by atoms with Crippen LogP contribution in [0, 0.1) is 6.92 Å². The summed E-state index contributed by atoms with van der Waals surface area (Å²) in [6.45, 7) is 2.54. The topological polar surface area (TPSA) is 109 Å². The number of hydrogen-bond acceptors (Lipinski definition) is 6. The fourth-order valence-electron chi connectivity index (χ4n) is 3.80. The Morgan fingerprint density at radius 1 is 1.06 bits per heavy atom. The largest absolute Gasteiger partial charge is 0.496 e. The van der Waals surface area contributed by atoms with Crippen molar-refractivity contribution in [2.45, 2.75) is 19.8 Å². The summed E-state index contributed by atoms with van der Waals surface area (Å²) in [5.41, 5.74) is 2.62. The molecule has 0 saturated heterocycles. The Bertz CT molecular complexity index is 1640. The highest BCUT2D eigenvalue weighted by atomic mass is 35.5. The molecule has 5 rings (SSSR count). The van der Waals surface area contributed by atoms with Gasteiger partial charge in [0.2, 0.25) is 0 Å². The second-order valence-corrected chi connectivity index (χ2v) is 8.19. The maximum Gasteiger partial charge on any atom is 0.287 e. The van der Waals surface area contributed by atoms with E-state index in [2.05, 4.69) is 29.9 Å². The van der Waals surface area contributed by atoms with Crippen LogP contribution < -0.4 is 10.3 Å². The molecule has 0 fully saturated rings. The van der Waals surface area contributed by atoms with Crippen LogP contribution in [0.15, 0.2) is 41.5 Å². The number of aromatic amines is 2. The third-order valence-electron chi connectivity index (χ3n) is 5.43. The number of nitrogens with one attached hydrogen (secondary N) is 2. The number of rotatable bonds is 4. The smallest absolute Gasteiger partial charge is 0.287 e. The van der Waals surface area contributed by atoms with Crippen LogP contribution in [0.25, 0.3) is 44.6 Å². The molecule has 0 aliphatic carbocycles. The number of aryl methyl sites for hydroxylation is 1. The molecule has 0 bridgehead atoms. The molecule has 5 aromatic heterocycles. The summed E-state index contributed by atoms with van der Waals surface area (Å²) in [5, 5.41) is 0.862. The van der Waals surface area contributed by atoms with Gasteiger partial charge in [-0.3, -0.25) is 14.8 Å². The average Bonchev–Trinajstić information content (AvgIpc) is 3.21. The lowest BCUT2D eigenvalue weighted by Gasteiger charge is -2.14. The monoisotopic (exact) mass is 482 g/mol. The summed E-state index contributed by atoms with van der Waals surface area (Å²) >= 11 is 6.05. The molecule has 11 heteroatoms. The molecule has 5 aromatic rings. The summed E-state index contributed by atoms with van der Waals surface area (Å²) in [6.07, 6.45) is 2.80. The summed E-state index contributed by atoms with van der Waals surface area (Å²) in [7, 11) is 1.38. The van der Waals surface area contributed by atoms with Gasteiger partial charge in [0.25, 0.3) is 11.5 Å². The molecular weight excluding hydrogens is 466 g/mol. The van der Waals surface area contributed by atoms with Crippen LogP contribution in [0.5, 0.6) is 5.75 Å². The van der Waals surface area contributed by atoms with Gasteiger partial charge in [-0.05, 0) is 19.1 Å². The number of halogens is 3. The minimum absolute atomic E-state index is 0.180. The number of methoxy groups -OCH3 is 1. The van der Waals surface area contributed by atoms with Crippen molar-refractivity contribution in [3.05, 3.63) is 63.6 Å². The maximum absolute atomic E-state index is 13.8. The molecule has 34 heavy (non-hydrogen) atoms. The number of ether oxygens (including phenoxy) is 1. The van der Waals surface area contributed by atoms with Crippen molar-refractivity contribution in [3.8, 4) is 28.4 Å². The first-order valence-corrected chi connectivity index (χ1v) is 10.5. The Hall–Kier alpha value is -3.92. The van der Waals surface area contributed by atoms with Crippen LogP contribution in [-0.2, 0) is 5.92 Å². The van der Waals surface area contributed by atoms with Gasteiger partial charge in [-0.1, -0.05) is 11.6 Å². The van der Waals surface area contributed by atoms with Gasteiger partial charge in [-0.15, -0.1) is 0 Å². The van der Waals surface area contributed by atoms with E-state index < -0.39 is 11.6 Å². The predicted molar refractivity (Wildman–Crippen MR) is 124 cm³/mol. The average molecular weight is 483 g/mol. The van der Waals surface area contributed by atoms with Crippen LogP contribution in [0.3, 0.4) is 0 Å². The quantitative estimate of drug-likeness (QED) is 0.349. The summed E-state index contributed by atoms with van der Waals surface area (Å²) in [4.78, 5) is 35.9. The third-order valence-corrected chi connectivity index (χ3v) is 5.62. The molecule has 0 amide bonds. The number of alkyl halides is 2. The van der Waals surface area contributed by atoms with Crippen molar-refractivity contribution in [2.75, 3.05) is 7.11 Å². The molecule has 0 unspecified atom stereocenters. The van der Waals surface area contributed by atoms with Crippen LogP contribution in [0.4, 0.5) is 8.78 Å². The molecule has 0 saturated carbocycles. The molecule has 8 nitrogen and oxygen atoms in total. The van der Waals surface area contributed by atoms with Gasteiger partial charge in [0, 0.05) is 36.8 Å². The maximum atomic E-state index is 13.8. The fourth-order valence-corrected chi connectivity index (χ4v) is 4.04. The fraction of sp³-hybridized carbons (Fsp3) is 0.174. The van der Waals surface area contributed by atoms with E-state index in [9.17, 15) is 13.6 Å². The second-order valence-electron chi connectivity index (χ2n) is 7.80. The van der Waals surface area contributed by atoms with Crippen molar-refractivity contribution in [1.82, 2.24) is 29.9 Å². The number of H-pyrrole nitrogens is 2. The lowest BCUT2D eigenvalue weighted by Crippen LogP contribution is -2.11. The molecule has 0 aliphatic rings. The highest BCUT2D eigenvalue weighted by Gasteiger charge is 2.28. The molecule has 0 atom stereocenters. The molecule has 0 radical (unpaired) electrons. The molecule has 5 heterocycles. The van der Waals surface area contributed by atoms with Gasteiger partial charge >= 0.3 is 0 Å². The zero-order chi connectivity index (χ0) is 24.2. The highest BCUT2D eigenvalue weighted by molar-refractivity contribution is 6.30. The van der Waals surface area contributed by atoms with Crippen molar-refractivity contribution in [1.29, 1.82) is 0 Å². The summed E-state index contributed by atoms with van der Waals surface area (Å²) < 4.78 is 32.9. The molecule has 172 valence electrons.